The number of hydrogen-bond donors (Lipinski definition) is 4. The molecule has 1 aliphatic heterocycles. The summed E-state index contributed by atoms with van der Waals surface area (Å²) in [4.78, 5) is 64.5. The number of hydrogen-bond acceptors (Lipinski definition) is 6. The minimum Gasteiger partial charge on any atom is -0.442 e. The van der Waals surface area contributed by atoms with E-state index in [1.165, 1.54) is 30.0 Å². The van der Waals surface area contributed by atoms with E-state index in [4.69, 9.17) is 4.74 Å². The summed E-state index contributed by atoms with van der Waals surface area (Å²) in [6.07, 6.45) is 1.38. The van der Waals surface area contributed by atoms with Gasteiger partial charge < -0.3 is 20.4 Å². The summed E-state index contributed by atoms with van der Waals surface area (Å²) in [7, 11) is 0. The van der Waals surface area contributed by atoms with Gasteiger partial charge in [0.25, 0.3) is 5.56 Å². The van der Waals surface area contributed by atoms with E-state index in [2.05, 4.69) is 20.6 Å². The number of anilines is 1. The lowest BCUT2D eigenvalue weighted by atomic mass is 10.0. The van der Waals surface area contributed by atoms with Crippen molar-refractivity contribution in [2.24, 2.45) is 0 Å². The molecule has 2 heterocycles. The van der Waals surface area contributed by atoms with E-state index >= 15 is 0 Å². The largest absolute Gasteiger partial charge is 0.442 e. The van der Waals surface area contributed by atoms with Gasteiger partial charge in [-0.2, -0.15) is 0 Å². The van der Waals surface area contributed by atoms with E-state index in [0.717, 1.165) is 5.56 Å². The molecule has 1 aromatic heterocycles. The number of rotatable bonds is 8. The maximum atomic E-state index is 15.0. The maximum absolute atomic E-state index is 15.0. The number of aryl methyl sites for hydroxylation is 1. The molecule has 0 radical (unpaired) electrons. The molecule has 11 nitrogen and oxygen atoms in total. The van der Waals surface area contributed by atoms with Crippen molar-refractivity contribution in [2.45, 2.75) is 26.5 Å². The average Bonchev–Trinajstić information content (AvgIpc) is 3.26. The molecule has 0 saturated carbocycles. The van der Waals surface area contributed by atoms with Crippen LogP contribution in [-0.4, -0.2) is 47.1 Å². The zero-order valence-corrected chi connectivity index (χ0v) is 21.2. The molecular weight excluding hydrogens is 509 g/mol. The van der Waals surface area contributed by atoms with Crippen LogP contribution < -0.4 is 26.8 Å². The quantitative estimate of drug-likeness (QED) is 0.324. The number of amides is 3. The number of aromatic amines is 2. The van der Waals surface area contributed by atoms with E-state index < -0.39 is 35.2 Å². The van der Waals surface area contributed by atoms with E-state index in [-0.39, 0.29) is 31.1 Å². The van der Waals surface area contributed by atoms with Crippen molar-refractivity contribution in [2.75, 3.05) is 18.0 Å². The fraction of sp³-hybridized carbons (Fsp3) is 0.222. The van der Waals surface area contributed by atoms with Gasteiger partial charge in [-0.1, -0.05) is 24.3 Å². The highest BCUT2D eigenvalue weighted by Crippen LogP contribution is 2.29. The number of halogens is 1. The summed E-state index contributed by atoms with van der Waals surface area (Å²) >= 11 is 0. The normalized spacial score (nSPS) is 14.9. The number of carbonyl (C=O) groups excluding carboxylic acids is 3. The number of carbonyl (C=O) groups is 3. The van der Waals surface area contributed by atoms with Crippen LogP contribution in [0.15, 0.2) is 58.1 Å². The van der Waals surface area contributed by atoms with Gasteiger partial charge >= 0.3 is 11.8 Å². The average molecular weight is 536 g/mol. The Balaban J connectivity index is 1.36. The first kappa shape index (κ1) is 27.0. The van der Waals surface area contributed by atoms with Crippen LogP contribution in [0.5, 0.6) is 0 Å². The number of nitrogens with zero attached hydrogens (tertiary/aromatic N) is 1. The van der Waals surface area contributed by atoms with Crippen molar-refractivity contribution in [3.8, 4) is 11.1 Å². The third-order valence-corrected chi connectivity index (χ3v) is 6.03. The van der Waals surface area contributed by atoms with Gasteiger partial charge in [0.15, 0.2) is 0 Å². The third kappa shape index (κ3) is 6.66. The minimum absolute atomic E-state index is 0.175. The first-order chi connectivity index (χ1) is 18.6. The number of aromatic nitrogens is 2. The van der Waals surface area contributed by atoms with E-state index in [9.17, 15) is 28.4 Å². The predicted octanol–water partition coefficient (Wildman–Crippen LogP) is 1.97. The zero-order chi connectivity index (χ0) is 28.1. The van der Waals surface area contributed by atoms with E-state index in [1.807, 2.05) is 0 Å². The SMILES string of the molecule is CC(=O)NC[C@H]1CN(c2ccc(-c3ccc(CNC(=O)C=Cc4c(C)[nH]c(=O)[nH]c4=O)cc3)c(F)c2)C(=O)O1. The van der Waals surface area contributed by atoms with Crippen LogP contribution in [0.4, 0.5) is 14.9 Å². The van der Waals surface area contributed by atoms with Crippen LogP contribution in [0.2, 0.25) is 0 Å². The molecule has 4 rings (SSSR count). The second-order valence-corrected chi connectivity index (χ2v) is 8.91. The summed E-state index contributed by atoms with van der Waals surface area (Å²) in [6.45, 7) is 3.48. The molecule has 0 bridgehead atoms. The fourth-order valence-electron chi connectivity index (χ4n) is 4.02. The van der Waals surface area contributed by atoms with Crippen molar-refractivity contribution in [3.63, 3.8) is 0 Å². The molecule has 1 saturated heterocycles. The molecule has 0 unspecified atom stereocenters. The lowest BCUT2D eigenvalue weighted by Crippen LogP contribution is -2.33. The summed E-state index contributed by atoms with van der Waals surface area (Å²) in [5.74, 6) is -1.20. The van der Waals surface area contributed by atoms with Crippen LogP contribution >= 0.6 is 0 Å². The number of benzene rings is 2. The summed E-state index contributed by atoms with van der Waals surface area (Å²) in [5.41, 5.74) is 1.35. The van der Waals surface area contributed by atoms with Crippen LogP contribution in [-0.2, 0) is 20.9 Å². The number of cyclic esters (lactones) is 1. The lowest BCUT2D eigenvalue weighted by Gasteiger charge is -2.15. The van der Waals surface area contributed by atoms with Gasteiger partial charge in [-0.25, -0.2) is 14.0 Å². The number of ether oxygens (including phenoxy) is 1. The Kier molecular flexibility index (Phi) is 8.04. The van der Waals surface area contributed by atoms with E-state index in [1.54, 1.807) is 43.3 Å². The molecular formula is C27H26FN5O6. The monoisotopic (exact) mass is 535 g/mol. The zero-order valence-electron chi connectivity index (χ0n) is 21.2. The van der Waals surface area contributed by atoms with Crippen molar-refractivity contribution in [1.29, 1.82) is 0 Å². The Hall–Kier alpha value is -5.00. The summed E-state index contributed by atoms with van der Waals surface area (Å²) in [5, 5.41) is 5.29. The van der Waals surface area contributed by atoms with Gasteiger partial charge in [0, 0.05) is 30.8 Å². The molecule has 1 fully saturated rings. The van der Waals surface area contributed by atoms with Crippen molar-refractivity contribution >= 4 is 29.7 Å². The summed E-state index contributed by atoms with van der Waals surface area (Å²) in [6, 6.07) is 11.4. The Bertz CT molecular complexity index is 1560. The van der Waals surface area contributed by atoms with Gasteiger partial charge in [-0.05, 0) is 42.3 Å². The number of H-pyrrole nitrogens is 2. The van der Waals surface area contributed by atoms with Gasteiger partial charge in [0.1, 0.15) is 11.9 Å². The Morgan fingerprint density at radius 1 is 1.10 bits per heavy atom. The van der Waals surface area contributed by atoms with Gasteiger partial charge in [-0.3, -0.25) is 24.3 Å². The van der Waals surface area contributed by atoms with Crippen LogP contribution in [0.25, 0.3) is 17.2 Å². The van der Waals surface area contributed by atoms with Gasteiger partial charge in [0.05, 0.1) is 24.3 Å². The van der Waals surface area contributed by atoms with Crippen molar-refractivity contribution < 1.29 is 23.5 Å². The van der Waals surface area contributed by atoms with E-state index in [0.29, 0.717) is 22.5 Å². The molecule has 3 aromatic rings. The molecule has 4 N–H and O–H groups in total. The second kappa shape index (κ2) is 11.6. The highest BCUT2D eigenvalue weighted by Gasteiger charge is 2.32. The van der Waals surface area contributed by atoms with Gasteiger partial charge in [-0.15, -0.1) is 0 Å². The first-order valence-electron chi connectivity index (χ1n) is 12.0. The highest BCUT2D eigenvalue weighted by molar-refractivity contribution is 5.92. The molecule has 1 atom stereocenters. The van der Waals surface area contributed by atoms with Crippen LogP contribution in [0.3, 0.4) is 0 Å². The summed E-state index contributed by atoms with van der Waals surface area (Å²) < 4.78 is 20.2. The standard InChI is InChI=1S/C27H26FN5O6/c1-15-21(25(36)32-26(37)31-15)9-10-24(35)30-12-17-3-5-18(6-4-17)22-8-7-19(11-23(22)28)33-14-20(39-27(33)38)13-29-16(2)34/h3-11,20H,12-14H2,1-2H3,(H,29,34)(H,30,35)(H2,31,32,36,37)/t20-/m0/s1. The Morgan fingerprint density at radius 3 is 2.51 bits per heavy atom. The smallest absolute Gasteiger partial charge is 0.414 e. The Morgan fingerprint density at radius 2 is 1.85 bits per heavy atom. The molecule has 39 heavy (non-hydrogen) atoms. The van der Waals surface area contributed by atoms with Crippen LogP contribution in [0.1, 0.15) is 23.7 Å². The number of nitrogens with one attached hydrogen (secondary N) is 4. The minimum atomic E-state index is -0.622. The lowest BCUT2D eigenvalue weighted by molar-refractivity contribution is -0.119. The Labute approximate surface area is 221 Å². The third-order valence-electron chi connectivity index (χ3n) is 6.03. The van der Waals surface area contributed by atoms with Crippen molar-refractivity contribution in [3.05, 3.63) is 92.0 Å². The molecule has 0 aliphatic carbocycles. The van der Waals surface area contributed by atoms with Crippen LogP contribution in [0, 0.1) is 12.7 Å². The molecule has 202 valence electrons. The predicted molar refractivity (Wildman–Crippen MR) is 141 cm³/mol. The molecule has 12 heteroatoms. The topological polar surface area (TPSA) is 153 Å². The second-order valence-electron chi connectivity index (χ2n) is 8.91. The molecule has 3 amide bonds. The molecule has 0 spiro atoms. The molecule has 2 aromatic carbocycles. The highest BCUT2D eigenvalue weighted by atomic mass is 19.1. The first-order valence-corrected chi connectivity index (χ1v) is 12.0. The molecule has 1 aliphatic rings. The maximum Gasteiger partial charge on any atom is 0.414 e. The van der Waals surface area contributed by atoms with Crippen molar-refractivity contribution in [1.82, 2.24) is 20.6 Å². The van der Waals surface area contributed by atoms with Gasteiger partial charge in [0.2, 0.25) is 11.8 Å². The fourth-order valence-corrected chi connectivity index (χ4v) is 4.02.